The van der Waals surface area contributed by atoms with Crippen LogP contribution in [0.3, 0.4) is 0 Å². The third-order valence-electron chi connectivity index (χ3n) is 4.48. The van der Waals surface area contributed by atoms with Crippen molar-refractivity contribution in [3.05, 3.63) is 0 Å². The molecule has 0 amide bonds. The molecule has 0 aromatic carbocycles. The molecule has 2 atom stereocenters. The average Bonchev–Trinajstić information content (AvgIpc) is 2.37. The Labute approximate surface area is 111 Å². The van der Waals surface area contributed by atoms with Crippen LogP contribution >= 0.6 is 0 Å². The maximum atomic E-state index is 11.4. The van der Waals surface area contributed by atoms with Gasteiger partial charge in [0.25, 0.3) is 0 Å². The Morgan fingerprint density at radius 2 is 2.22 bits per heavy atom. The molecule has 0 spiro atoms. The highest BCUT2D eigenvalue weighted by atomic mass is 16.4. The molecule has 0 aromatic heterocycles. The fraction of sp³-hybridized carbons (Fsp3) is 0.929. The predicted octanol–water partition coefficient (Wildman–Crippen LogP) is 2.09. The van der Waals surface area contributed by atoms with Crippen molar-refractivity contribution in [2.75, 3.05) is 20.1 Å². The van der Waals surface area contributed by atoms with Crippen LogP contribution in [-0.4, -0.2) is 47.7 Å². The molecular weight excluding hydrogens is 228 g/mol. The molecule has 1 heterocycles. The van der Waals surface area contributed by atoms with Crippen molar-refractivity contribution < 1.29 is 9.90 Å². The van der Waals surface area contributed by atoms with Crippen LogP contribution in [0.4, 0.5) is 0 Å². The molecule has 4 nitrogen and oxygen atoms in total. The monoisotopic (exact) mass is 256 g/mol. The number of hydrogen-bond donors (Lipinski definition) is 2. The number of piperidine rings is 1. The Hall–Kier alpha value is -0.610. The van der Waals surface area contributed by atoms with Crippen LogP contribution in [0.25, 0.3) is 0 Å². The number of carbonyl (C=O) groups is 1. The van der Waals surface area contributed by atoms with E-state index in [1.807, 2.05) is 6.92 Å². The predicted molar refractivity (Wildman–Crippen MR) is 73.8 cm³/mol. The largest absolute Gasteiger partial charge is 0.480 e. The van der Waals surface area contributed by atoms with Gasteiger partial charge in [0.05, 0.1) is 0 Å². The summed E-state index contributed by atoms with van der Waals surface area (Å²) in [6.45, 7) is 6.42. The SMILES string of the molecule is CCC(CCCN1CCCCC1C)(NC)C(=O)O. The van der Waals surface area contributed by atoms with Gasteiger partial charge in [0.1, 0.15) is 5.54 Å². The Morgan fingerprint density at radius 1 is 1.50 bits per heavy atom. The molecule has 0 radical (unpaired) electrons. The van der Waals surface area contributed by atoms with Gasteiger partial charge in [0.2, 0.25) is 0 Å². The first-order chi connectivity index (χ1) is 8.55. The molecule has 106 valence electrons. The summed E-state index contributed by atoms with van der Waals surface area (Å²) >= 11 is 0. The Bertz CT molecular complexity index is 265. The van der Waals surface area contributed by atoms with Crippen molar-refractivity contribution in [3.8, 4) is 0 Å². The maximum Gasteiger partial charge on any atom is 0.323 e. The second-order valence-corrected chi connectivity index (χ2v) is 5.48. The van der Waals surface area contributed by atoms with Crippen LogP contribution in [0.1, 0.15) is 52.4 Å². The van der Waals surface area contributed by atoms with E-state index in [1.165, 1.54) is 25.8 Å². The average molecular weight is 256 g/mol. The molecule has 1 rings (SSSR count). The number of hydrogen-bond acceptors (Lipinski definition) is 3. The summed E-state index contributed by atoms with van der Waals surface area (Å²) in [6.07, 6.45) is 6.19. The first-order valence-electron chi connectivity index (χ1n) is 7.22. The van der Waals surface area contributed by atoms with Gasteiger partial charge in [0, 0.05) is 6.04 Å². The molecule has 4 heteroatoms. The minimum absolute atomic E-state index is 0.633. The van der Waals surface area contributed by atoms with Crippen LogP contribution in [0.2, 0.25) is 0 Å². The molecule has 1 aliphatic rings. The standard InChI is InChI=1S/C14H28N2O2/c1-4-14(15-3,13(17)18)9-7-11-16-10-6-5-8-12(16)2/h12,15H,4-11H2,1-3H3,(H,17,18). The lowest BCUT2D eigenvalue weighted by Crippen LogP contribution is -2.50. The van der Waals surface area contributed by atoms with Crippen molar-refractivity contribution in [2.24, 2.45) is 0 Å². The molecular formula is C14H28N2O2. The van der Waals surface area contributed by atoms with Crippen molar-refractivity contribution in [2.45, 2.75) is 64.0 Å². The van der Waals surface area contributed by atoms with Gasteiger partial charge in [-0.15, -0.1) is 0 Å². The van der Waals surface area contributed by atoms with Gasteiger partial charge in [-0.25, -0.2) is 0 Å². The molecule has 0 bridgehead atoms. The molecule has 1 aliphatic heterocycles. The number of nitrogens with one attached hydrogen (secondary N) is 1. The van der Waals surface area contributed by atoms with E-state index in [-0.39, 0.29) is 0 Å². The lowest BCUT2D eigenvalue weighted by atomic mass is 9.90. The van der Waals surface area contributed by atoms with Gasteiger partial charge in [-0.1, -0.05) is 13.3 Å². The van der Waals surface area contributed by atoms with E-state index < -0.39 is 11.5 Å². The maximum absolute atomic E-state index is 11.4. The summed E-state index contributed by atoms with van der Waals surface area (Å²) in [6, 6.07) is 0.661. The molecule has 0 aliphatic carbocycles. The Morgan fingerprint density at radius 3 is 2.72 bits per heavy atom. The summed E-state index contributed by atoms with van der Waals surface area (Å²) in [4.78, 5) is 13.9. The normalized spacial score (nSPS) is 24.7. The van der Waals surface area contributed by atoms with Crippen molar-refractivity contribution >= 4 is 5.97 Å². The van der Waals surface area contributed by atoms with E-state index in [0.29, 0.717) is 18.9 Å². The summed E-state index contributed by atoms with van der Waals surface area (Å²) < 4.78 is 0. The third kappa shape index (κ3) is 3.69. The summed E-state index contributed by atoms with van der Waals surface area (Å²) in [5.41, 5.74) is -0.737. The highest BCUT2D eigenvalue weighted by molar-refractivity contribution is 5.78. The second kappa shape index (κ2) is 7.10. The molecule has 2 N–H and O–H groups in total. The van der Waals surface area contributed by atoms with Gasteiger partial charge >= 0.3 is 5.97 Å². The summed E-state index contributed by atoms with van der Waals surface area (Å²) in [5.74, 6) is -0.723. The van der Waals surface area contributed by atoms with E-state index in [9.17, 15) is 9.90 Å². The third-order valence-corrected chi connectivity index (χ3v) is 4.48. The summed E-state index contributed by atoms with van der Waals surface area (Å²) in [5, 5.41) is 12.3. The first-order valence-corrected chi connectivity index (χ1v) is 7.22. The Balaban J connectivity index is 2.41. The molecule has 0 aromatic rings. The van der Waals surface area contributed by atoms with Crippen LogP contribution in [0, 0.1) is 0 Å². The van der Waals surface area contributed by atoms with Crippen LogP contribution in [0.5, 0.6) is 0 Å². The number of likely N-dealkylation sites (tertiary alicyclic amines) is 1. The fourth-order valence-electron chi connectivity index (χ4n) is 2.92. The number of carboxylic acids is 1. The van der Waals surface area contributed by atoms with Crippen molar-refractivity contribution in [1.29, 1.82) is 0 Å². The van der Waals surface area contributed by atoms with Crippen LogP contribution in [-0.2, 0) is 4.79 Å². The molecule has 1 fully saturated rings. The van der Waals surface area contributed by atoms with E-state index in [4.69, 9.17) is 0 Å². The number of aliphatic carboxylic acids is 1. The van der Waals surface area contributed by atoms with Gasteiger partial charge in [0.15, 0.2) is 0 Å². The van der Waals surface area contributed by atoms with Crippen molar-refractivity contribution in [1.82, 2.24) is 10.2 Å². The quantitative estimate of drug-likeness (QED) is 0.732. The lowest BCUT2D eigenvalue weighted by Gasteiger charge is -2.34. The molecule has 2 unspecified atom stereocenters. The fourth-order valence-corrected chi connectivity index (χ4v) is 2.92. The summed E-state index contributed by atoms with van der Waals surface area (Å²) in [7, 11) is 1.75. The number of nitrogens with zero attached hydrogens (tertiary/aromatic N) is 1. The van der Waals surface area contributed by atoms with Gasteiger partial charge in [-0.3, -0.25) is 4.79 Å². The van der Waals surface area contributed by atoms with Crippen LogP contribution in [0.15, 0.2) is 0 Å². The molecule has 0 saturated carbocycles. The first kappa shape index (κ1) is 15.4. The zero-order chi connectivity index (χ0) is 13.6. The highest BCUT2D eigenvalue weighted by Crippen LogP contribution is 2.21. The topological polar surface area (TPSA) is 52.6 Å². The van der Waals surface area contributed by atoms with E-state index in [1.54, 1.807) is 7.05 Å². The molecule has 1 saturated heterocycles. The van der Waals surface area contributed by atoms with E-state index >= 15 is 0 Å². The van der Waals surface area contributed by atoms with Gasteiger partial charge in [-0.2, -0.15) is 0 Å². The zero-order valence-electron chi connectivity index (χ0n) is 12.0. The van der Waals surface area contributed by atoms with Crippen LogP contribution < -0.4 is 5.32 Å². The van der Waals surface area contributed by atoms with Gasteiger partial charge in [-0.05, 0) is 59.2 Å². The minimum Gasteiger partial charge on any atom is -0.480 e. The van der Waals surface area contributed by atoms with Gasteiger partial charge < -0.3 is 15.3 Å². The Kier molecular flexibility index (Phi) is 6.09. The van der Waals surface area contributed by atoms with E-state index in [2.05, 4.69) is 17.1 Å². The lowest BCUT2D eigenvalue weighted by molar-refractivity contribution is -0.145. The van der Waals surface area contributed by atoms with E-state index in [0.717, 1.165) is 13.0 Å². The second-order valence-electron chi connectivity index (χ2n) is 5.48. The van der Waals surface area contributed by atoms with Crippen molar-refractivity contribution in [3.63, 3.8) is 0 Å². The highest BCUT2D eigenvalue weighted by Gasteiger charge is 2.34. The smallest absolute Gasteiger partial charge is 0.323 e. The number of carboxylic acid groups (broad SMARTS) is 1. The molecule has 18 heavy (non-hydrogen) atoms. The minimum atomic E-state index is -0.737. The number of likely N-dealkylation sites (N-methyl/N-ethyl adjacent to an activating group) is 1. The number of rotatable bonds is 7. The zero-order valence-corrected chi connectivity index (χ0v) is 12.0.